The summed E-state index contributed by atoms with van der Waals surface area (Å²) in [5.41, 5.74) is 1.93. The van der Waals surface area contributed by atoms with Crippen molar-refractivity contribution >= 4 is 11.8 Å². The molecule has 0 unspecified atom stereocenters. The smallest absolute Gasteiger partial charge is 0.273 e. The lowest BCUT2D eigenvalue weighted by atomic mass is 9.96. The molecule has 2 heterocycles. The average Bonchev–Trinajstić information content (AvgIpc) is 3.33. The fourth-order valence-corrected chi connectivity index (χ4v) is 4.14. The van der Waals surface area contributed by atoms with Gasteiger partial charge in [-0.3, -0.25) is 14.5 Å². The number of carbonyl (C=O) groups is 2. The van der Waals surface area contributed by atoms with Gasteiger partial charge in [-0.1, -0.05) is 17.3 Å². The van der Waals surface area contributed by atoms with Crippen molar-refractivity contribution in [3.8, 4) is 11.3 Å². The van der Waals surface area contributed by atoms with E-state index in [0.29, 0.717) is 18.0 Å². The van der Waals surface area contributed by atoms with Crippen molar-refractivity contribution in [3.63, 3.8) is 0 Å². The molecule has 2 aromatic carbocycles. The second-order valence-electron chi connectivity index (χ2n) is 9.03. The molecule has 1 aliphatic rings. The largest absolute Gasteiger partial charge is 0.355 e. The van der Waals surface area contributed by atoms with Crippen LogP contribution in [0.2, 0.25) is 0 Å². The highest BCUT2D eigenvalue weighted by molar-refractivity contribution is 5.94. The standard InChI is InChI=1S/C26H28F2N4O3/c1-31(2)26(34)19-5-3-18(4-6-19)16-32-11-9-17(10-12-32)15-29-25(33)23-14-24(35-30-23)21-8-7-20(27)13-22(21)28/h3-8,13-14,17H,9-12,15-16H2,1-2H3,(H,29,33). The van der Waals surface area contributed by atoms with Gasteiger partial charge >= 0.3 is 0 Å². The number of carbonyl (C=O) groups excluding carboxylic acids is 2. The van der Waals surface area contributed by atoms with Gasteiger partial charge in [-0.15, -0.1) is 0 Å². The molecule has 1 saturated heterocycles. The zero-order valence-corrected chi connectivity index (χ0v) is 19.8. The van der Waals surface area contributed by atoms with Crippen LogP contribution in [0.5, 0.6) is 0 Å². The molecule has 3 aromatic rings. The first-order chi connectivity index (χ1) is 16.8. The first kappa shape index (κ1) is 24.5. The molecule has 0 aliphatic carbocycles. The van der Waals surface area contributed by atoms with Crippen molar-refractivity contribution in [2.45, 2.75) is 19.4 Å². The number of aromatic nitrogens is 1. The predicted molar refractivity (Wildman–Crippen MR) is 127 cm³/mol. The van der Waals surface area contributed by atoms with Gasteiger partial charge in [0.2, 0.25) is 0 Å². The second-order valence-corrected chi connectivity index (χ2v) is 9.03. The second kappa shape index (κ2) is 10.8. The van der Waals surface area contributed by atoms with Gasteiger partial charge in [0.15, 0.2) is 11.5 Å². The molecule has 1 aromatic heterocycles. The molecule has 7 nitrogen and oxygen atoms in total. The highest BCUT2D eigenvalue weighted by atomic mass is 19.1. The van der Waals surface area contributed by atoms with E-state index in [2.05, 4.69) is 15.4 Å². The van der Waals surface area contributed by atoms with Crippen LogP contribution >= 0.6 is 0 Å². The lowest BCUT2D eigenvalue weighted by Gasteiger charge is -2.32. The molecule has 35 heavy (non-hydrogen) atoms. The Morgan fingerprint density at radius 2 is 1.80 bits per heavy atom. The average molecular weight is 483 g/mol. The topological polar surface area (TPSA) is 78.7 Å². The Kier molecular flexibility index (Phi) is 7.55. The normalized spacial score (nSPS) is 14.6. The van der Waals surface area contributed by atoms with Crippen LogP contribution < -0.4 is 5.32 Å². The number of nitrogens with one attached hydrogen (secondary N) is 1. The molecule has 2 amide bonds. The zero-order valence-electron chi connectivity index (χ0n) is 19.8. The van der Waals surface area contributed by atoms with Crippen molar-refractivity contribution < 1.29 is 22.9 Å². The Bertz CT molecular complexity index is 1190. The molecule has 0 atom stereocenters. The summed E-state index contributed by atoms with van der Waals surface area (Å²) in [5.74, 6) is -1.46. The Hall–Kier alpha value is -3.59. The van der Waals surface area contributed by atoms with Crippen molar-refractivity contribution in [2.24, 2.45) is 5.92 Å². The van der Waals surface area contributed by atoms with Gasteiger partial charge in [-0.25, -0.2) is 8.78 Å². The summed E-state index contributed by atoms with van der Waals surface area (Å²) in [6.45, 7) is 3.16. The maximum absolute atomic E-state index is 13.9. The summed E-state index contributed by atoms with van der Waals surface area (Å²) in [6.07, 6.45) is 1.89. The first-order valence-corrected chi connectivity index (χ1v) is 11.5. The van der Waals surface area contributed by atoms with Crippen LogP contribution in [0.4, 0.5) is 8.78 Å². The molecule has 1 aliphatic heterocycles. The third-order valence-corrected chi connectivity index (χ3v) is 6.21. The van der Waals surface area contributed by atoms with Gasteiger partial charge in [0.25, 0.3) is 11.8 Å². The van der Waals surface area contributed by atoms with Crippen LogP contribution in [-0.4, -0.2) is 60.5 Å². The molecular weight excluding hydrogens is 454 g/mol. The van der Waals surface area contributed by atoms with E-state index in [1.807, 2.05) is 24.3 Å². The highest BCUT2D eigenvalue weighted by Gasteiger charge is 2.22. The molecule has 184 valence electrons. The van der Waals surface area contributed by atoms with Gasteiger partial charge in [-0.2, -0.15) is 0 Å². The number of nitrogens with zero attached hydrogens (tertiary/aromatic N) is 3. The van der Waals surface area contributed by atoms with E-state index in [-0.39, 0.29) is 22.9 Å². The molecule has 0 spiro atoms. The van der Waals surface area contributed by atoms with Crippen molar-refractivity contribution in [1.82, 2.24) is 20.3 Å². The predicted octanol–water partition coefficient (Wildman–Crippen LogP) is 3.96. The number of halogens is 2. The summed E-state index contributed by atoms with van der Waals surface area (Å²) < 4.78 is 32.1. The van der Waals surface area contributed by atoms with Gasteiger partial charge in [-0.05, 0) is 61.7 Å². The van der Waals surface area contributed by atoms with E-state index < -0.39 is 17.5 Å². The lowest BCUT2D eigenvalue weighted by molar-refractivity contribution is 0.0827. The highest BCUT2D eigenvalue weighted by Crippen LogP contribution is 2.24. The number of piperidine rings is 1. The molecule has 9 heteroatoms. The Labute approximate surface area is 202 Å². The van der Waals surface area contributed by atoms with E-state index in [1.54, 1.807) is 19.0 Å². The Morgan fingerprint density at radius 3 is 2.46 bits per heavy atom. The summed E-state index contributed by atoms with van der Waals surface area (Å²) >= 11 is 0. The summed E-state index contributed by atoms with van der Waals surface area (Å²) in [6, 6.07) is 12.2. The molecular formula is C26H28F2N4O3. The Morgan fingerprint density at radius 1 is 1.09 bits per heavy atom. The summed E-state index contributed by atoms with van der Waals surface area (Å²) in [4.78, 5) is 28.4. The van der Waals surface area contributed by atoms with Crippen LogP contribution in [0.3, 0.4) is 0 Å². The fourth-order valence-electron chi connectivity index (χ4n) is 4.14. The lowest BCUT2D eigenvalue weighted by Crippen LogP contribution is -2.38. The zero-order chi connectivity index (χ0) is 24.9. The molecule has 4 rings (SSSR count). The van der Waals surface area contributed by atoms with E-state index in [4.69, 9.17) is 4.52 Å². The summed E-state index contributed by atoms with van der Waals surface area (Å²) in [5, 5.41) is 6.60. The number of rotatable bonds is 7. The Balaban J connectivity index is 1.23. The van der Waals surface area contributed by atoms with Crippen LogP contribution in [0.15, 0.2) is 53.1 Å². The molecule has 0 radical (unpaired) electrons. The molecule has 1 fully saturated rings. The summed E-state index contributed by atoms with van der Waals surface area (Å²) in [7, 11) is 3.47. The monoisotopic (exact) mass is 482 g/mol. The van der Waals surface area contributed by atoms with Crippen molar-refractivity contribution in [2.75, 3.05) is 33.7 Å². The van der Waals surface area contributed by atoms with E-state index >= 15 is 0 Å². The maximum atomic E-state index is 13.9. The fraction of sp³-hybridized carbons (Fsp3) is 0.346. The third kappa shape index (κ3) is 6.10. The van der Waals surface area contributed by atoms with Gasteiger partial charge in [0.1, 0.15) is 11.6 Å². The molecule has 0 saturated carbocycles. The molecule has 0 bridgehead atoms. The van der Waals surface area contributed by atoms with Crippen LogP contribution in [0, 0.1) is 17.6 Å². The third-order valence-electron chi connectivity index (χ3n) is 6.21. The first-order valence-electron chi connectivity index (χ1n) is 11.5. The van der Waals surface area contributed by atoms with Crippen molar-refractivity contribution in [1.29, 1.82) is 0 Å². The van der Waals surface area contributed by atoms with Gasteiger partial charge in [0.05, 0.1) is 5.56 Å². The number of hydrogen-bond donors (Lipinski definition) is 1. The number of likely N-dealkylation sites (tertiary alicyclic amines) is 1. The van der Waals surface area contributed by atoms with E-state index in [0.717, 1.165) is 50.2 Å². The van der Waals surface area contributed by atoms with Crippen LogP contribution in [-0.2, 0) is 6.54 Å². The van der Waals surface area contributed by atoms with Gasteiger partial charge in [0, 0.05) is 44.9 Å². The van der Waals surface area contributed by atoms with Crippen molar-refractivity contribution in [3.05, 3.63) is 77.0 Å². The quantitative estimate of drug-likeness (QED) is 0.552. The minimum Gasteiger partial charge on any atom is -0.355 e. The minimum atomic E-state index is -0.780. The number of benzene rings is 2. The van der Waals surface area contributed by atoms with E-state index in [9.17, 15) is 18.4 Å². The SMILES string of the molecule is CN(C)C(=O)c1ccc(CN2CCC(CNC(=O)c3cc(-c4ccc(F)cc4F)on3)CC2)cc1. The van der Waals surface area contributed by atoms with E-state index in [1.165, 1.54) is 12.1 Å². The maximum Gasteiger partial charge on any atom is 0.273 e. The minimum absolute atomic E-state index is 0.0103. The van der Waals surface area contributed by atoms with Gasteiger partial charge < -0.3 is 14.7 Å². The van der Waals surface area contributed by atoms with Crippen LogP contribution in [0.1, 0.15) is 39.3 Å². The molecule has 1 N–H and O–H groups in total. The number of hydrogen-bond acceptors (Lipinski definition) is 5. The number of amides is 2. The van der Waals surface area contributed by atoms with Crippen LogP contribution in [0.25, 0.3) is 11.3 Å².